The highest BCUT2D eigenvalue weighted by molar-refractivity contribution is 8.00. The minimum absolute atomic E-state index is 0.0289. The van der Waals surface area contributed by atoms with Crippen LogP contribution in [0.25, 0.3) is 6.08 Å². The zero-order chi connectivity index (χ0) is 14.5. The second-order valence-electron chi connectivity index (χ2n) is 3.28. The van der Waals surface area contributed by atoms with Gasteiger partial charge in [0.15, 0.2) is 0 Å². The number of nitriles is 1. The van der Waals surface area contributed by atoms with Gasteiger partial charge in [-0.2, -0.15) is 18.4 Å². The van der Waals surface area contributed by atoms with Crippen molar-refractivity contribution in [2.45, 2.75) is 10.4 Å². The first-order chi connectivity index (χ1) is 8.85. The molecule has 0 radical (unpaired) electrons. The molecule has 100 valence electrons. The average molecular weight is 287 g/mol. The molecule has 0 saturated carbocycles. The van der Waals surface area contributed by atoms with Gasteiger partial charge in [-0.1, -0.05) is 12.1 Å². The average Bonchev–Trinajstić information content (AvgIpc) is 2.35. The molecule has 0 heterocycles. The topological polar surface area (TPSA) is 50.1 Å². The van der Waals surface area contributed by atoms with E-state index in [1.165, 1.54) is 30.3 Å². The van der Waals surface area contributed by atoms with Crippen molar-refractivity contribution < 1.29 is 22.7 Å². The molecule has 7 heteroatoms. The van der Waals surface area contributed by atoms with E-state index in [4.69, 9.17) is 5.26 Å². The highest BCUT2D eigenvalue weighted by Gasteiger charge is 2.28. The van der Waals surface area contributed by atoms with Gasteiger partial charge in [0.2, 0.25) is 0 Å². The van der Waals surface area contributed by atoms with Crippen LogP contribution in [-0.4, -0.2) is 18.6 Å². The Morgan fingerprint density at radius 2 is 1.95 bits per heavy atom. The molecule has 1 aromatic carbocycles. The molecule has 0 aliphatic rings. The molecule has 0 amide bonds. The van der Waals surface area contributed by atoms with E-state index in [9.17, 15) is 18.0 Å². The summed E-state index contributed by atoms with van der Waals surface area (Å²) < 4.78 is 40.7. The van der Waals surface area contributed by atoms with Gasteiger partial charge in [0.1, 0.15) is 11.6 Å². The van der Waals surface area contributed by atoms with Gasteiger partial charge in [0, 0.05) is 4.90 Å². The van der Waals surface area contributed by atoms with E-state index in [0.717, 1.165) is 7.11 Å². The molecule has 1 aromatic rings. The first-order valence-corrected chi connectivity index (χ1v) is 5.73. The quantitative estimate of drug-likeness (QED) is 0.370. The van der Waals surface area contributed by atoms with E-state index in [1.54, 1.807) is 6.07 Å². The smallest absolute Gasteiger partial charge is 0.446 e. The van der Waals surface area contributed by atoms with Gasteiger partial charge in [0.05, 0.1) is 7.11 Å². The Labute approximate surface area is 111 Å². The third kappa shape index (κ3) is 5.06. The van der Waals surface area contributed by atoms with Crippen molar-refractivity contribution in [3.8, 4) is 6.07 Å². The molecule has 3 nitrogen and oxygen atoms in total. The van der Waals surface area contributed by atoms with Gasteiger partial charge in [-0.15, -0.1) is 0 Å². The van der Waals surface area contributed by atoms with E-state index in [0.29, 0.717) is 5.56 Å². The van der Waals surface area contributed by atoms with E-state index in [1.807, 2.05) is 0 Å². The molecular weight excluding hydrogens is 279 g/mol. The molecule has 0 fully saturated rings. The molecule has 19 heavy (non-hydrogen) atoms. The van der Waals surface area contributed by atoms with E-state index in [-0.39, 0.29) is 22.2 Å². The monoisotopic (exact) mass is 287 g/mol. The molecule has 0 unspecified atom stereocenters. The van der Waals surface area contributed by atoms with Crippen molar-refractivity contribution in [2.24, 2.45) is 0 Å². The second kappa shape index (κ2) is 6.29. The van der Waals surface area contributed by atoms with Crippen molar-refractivity contribution in [1.82, 2.24) is 0 Å². The van der Waals surface area contributed by atoms with Gasteiger partial charge in [-0.05, 0) is 35.5 Å². The van der Waals surface area contributed by atoms with Gasteiger partial charge in [-0.3, -0.25) is 0 Å². The third-order valence-corrected chi connectivity index (χ3v) is 2.69. The zero-order valence-corrected chi connectivity index (χ0v) is 10.5. The fourth-order valence-electron chi connectivity index (χ4n) is 1.18. The number of esters is 1. The lowest BCUT2D eigenvalue weighted by Gasteiger charge is -2.05. The number of nitrogens with zero attached hydrogens (tertiary/aromatic N) is 1. The normalized spacial score (nSPS) is 11.8. The van der Waals surface area contributed by atoms with Crippen molar-refractivity contribution in [2.75, 3.05) is 7.11 Å². The Morgan fingerprint density at radius 3 is 2.37 bits per heavy atom. The number of benzene rings is 1. The summed E-state index contributed by atoms with van der Waals surface area (Å²) in [5, 5.41) is 8.72. The Bertz CT molecular complexity index is 529. The summed E-state index contributed by atoms with van der Waals surface area (Å²) in [6.45, 7) is 0. The zero-order valence-electron chi connectivity index (χ0n) is 9.69. The molecule has 0 aromatic heterocycles. The number of rotatable bonds is 3. The second-order valence-corrected chi connectivity index (χ2v) is 4.42. The number of ether oxygens (including phenoxy) is 1. The van der Waals surface area contributed by atoms with Crippen LogP contribution in [0.15, 0.2) is 34.7 Å². The summed E-state index contributed by atoms with van der Waals surface area (Å²) in [7, 11) is 1.14. The fourth-order valence-corrected chi connectivity index (χ4v) is 1.72. The van der Waals surface area contributed by atoms with Crippen LogP contribution in [-0.2, 0) is 9.53 Å². The van der Waals surface area contributed by atoms with Crippen molar-refractivity contribution >= 4 is 23.8 Å². The molecule has 1 rings (SSSR count). The summed E-state index contributed by atoms with van der Waals surface area (Å²) in [5.41, 5.74) is -4.13. The van der Waals surface area contributed by atoms with Gasteiger partial charge in [-0.25, -0.2) is 4.79 Å². The molecule has 0 aliphatic carbocycles. The molecule has 0 atom stereocenters. The van der Waals surface area contributed by atoms with Gasteiger partial charge in [0.25, 0.3) is 0 Å². The first kappa shape index (κ1) is 15.1. The van der Waals surface area contributed by atoms with E-state index < -0.39 is 11.5 Å². The Morgan fingerprint density at radius 1 is 1.37 bits per heavy atom. The number of carbonyl (C=O) groups excluding carboxylic acids is 1. The molecule has 0 aliphatic heterocycles. The van der Waals surface area contributed by atoms with Crippen LogP contribution in [0, 0.1) is 11.3 Å². The number of thioether (sulfide) groups is 1. The molecule has 0 saturated heterocycles. The van der Waals surface area contributed by atoms with Crippen molar-refractivity contribution in [3.63, 3.8) is 0 Å². The van der Waals surface area contributed by atoms with Crippen LogP contribution in [0.4, 0.5) is 13.2 Å². The number of alkyl halides is 3. The number of hydrogen-bond acceptors (Lipinski definition) is 4. The summed E-state index contributed by atoms with van der Waals surface area (Å²) >= 11 is -0.232. The van der Waals surface area contributed by atoms with Crippen molar-refractivity contribution in [3.05, 3.63) is 35.4 Å². The number of carbonyl (C=O) groups is 1. The molecular formula is C12H8F3NO2S. The van der Waals surface area contributed by atoms with Gasteiger partial charge >= 0.3 is 11.5 Å². The predicted molar refractivity (Wildman–Crippen MR) is 64.0 cm³/mol. The number of hydrogen-bond donors (Lipinski definition) is 0. The molecule has 0 bridgehead atoms. The first-order valence-electron chi connectivity index (χ1n) is 4.91. The number of halogens is 3. The summed E-state index contributed by atoms with van der Waals surface area (Å²) in [5.74, 6) is -0.795. The van der Waals surface area contributed by atoms with Crippen LogP contribution in [0.2, 0.25) is 0 Å². The van der Waals surface area contributed by atoms with Crippen LogP contribution >= 0.6 is 11.8 Å². The fraction of sp³-hybridized carbons (Fsp3) is 0.167. The van der Waals surface area contributed by atoms with E-state index in [2.05, 4.69) is 4.74 Å². The summed E-state index contributed by atoms with van der Waals surface area (Å²) in [4.78, 5) is 11.2. The standard InChI is InChI=1S/C12H8F3NO2S/c1-18-11(17)9(7-16)6-8-2-4-10(5-3-8)19-12(13,14)15/h2-6H,1H3/b9-6-. The highest BCUT2D eigenvalue weighted by Crippen LogP contribution is 2.36. The maximum atomic E-state index is 12.1. The lowest BCUT2D eigenvalue weighted by atomic mass is 10.1. The summed E-state index contributed by atoms with van der Waals surface area (Å²) in [6.07, 6.45) is 1.24. The third-order valence-electron chi connectivity index (χ3n) is 1.95. The maximum absolute atomic E-state index is 12.1. The number of methoxy groups -OCH3 is 1. The van der Waals surface area contributed by atoms with Crippen LogP contribution in [0.3, 0.4) is 0 Å². The predicted octanol–water partition coefficient (Wildman–Crippen LogP) is 3.38. The van der Waals surface area contributed by atoms with Crippen molar-refractivity contribution in [1.29, 1.82) is 5.26 Å². The Kier molecular flexibility index (Phi) is 5.01. The highest BCUT2D eigenvalue weighted by atomic mass is 32.2. The van der Waals surface area contributed by atoms with E-state index >= 15 is 0 Å². The minimum Gasteiger partial charge on any atom is -0.465 e. The lowest BCUT2D eigenvalue weighted by Crippen LogP contribution is -2.02. The van der Waals surface area contributed by atoms with Gasteiger partial charge < -0.3 is 4.74 Å². The van der Waals surface area contributed by atoms with Crippen LogP contribution in [0.1, 0.15) is 5.56 Å². The summed E-state index contributed by atoms with van der Waals surface area (Å²) in [6, 6.07) is 6.94. The van der Waals surface area contributed by atoms with Crippen LogP contribution < -0.4 is 0 Å². The largest absolute Gasteiger partial charge is 0.465 e. The Balaban J connectivity index is 2.91. The minimum atomic E-state index is -4.35. The molecule has 0 spiro atoms. The lowest BCUT2D eigenvalue weighted by molar-refractivity contribution is -0.135. The SMILES string of the molecule is COC(=O)/C(C#N)=C\c1ccc(SC(F)(F)F)cc1. The maximum Gasteiger partial charge on any atom is 0.446 e. The van der Waals surface area contributed by atoms with Crippen LogP contribution in [0.5, 0.6) is 0 Å². The Hall–Kier alpha value is -1.94. The molecule has 0 N–H and O–H groups in total.